The summed E-state index contributed by atoms with van der Waals surface area (Å²) in [5.74, 6) is 0. The highest BCUT2D eigenvalue weighted by Crippen LogP contribution is 2.35. The molecule has 0 atom stereocenters. The normalized spacial score (nSPS) is 11.9. The third kappa shape index (κ3) is 5.11. The van der Waals surface area contributed by atoms with Gasteiger partial charge in [0.25, 0.3) is 0 Å². The molecule has 1 N–H and O–H groups in total. The van der Waals surface area contributed by atoms with E-state index in [-0.39, 0.29) is 0 Å². The molecule has 0 aromatic heterocycles. The van der Waals surface area contributed by atoms with Crippen LogP contribution in [-0.4, -0.2) is 23.8 Å². The van der Waals surface area contributed by atoms with Gasteiger partial charge in [0.15, 0.2) is 0 Å². The van der Waals surface area contributed by atoms with E-state index in [0.29, 0.717) is 7.48 Å². The van der Waals surface area contributed by atoms with Crippen LogP contribution in [-0.2, 0) is 4.65 Å². The van der Waals surface area contributed by atoms with Crippen molar-refractivity contribution in [3.05, 3.63) is 103 Å². The fourth-order valence-corrected chi connectivity index (χ4v) is 3.84. The van der Waals surface area contributed by atoms with Gasteiger partial charge in [0.2, 0.25) is 0 Å². The Hall–Kier alpha value is -3.14. The molecule has 0 heterocycles. The molecular formula is C30H31BO2. The first-order chi connectivity index (χ1) is 15.8. The van der Waals surface area contributed by atoms with E-state index in [1.165, 1.54) is 5.56 Å². The van der Waals surface area contributed by atoms with E-state index >= 15 is 0 Å². The maximum atomic E-state index is 10.6. The minimum Gasteiger partial charge on any atom is -0.427 e. The Bertz CT molecular complexity index is 1190. The van der Waals surface area contributed by atoms with E-state index in [2.05, 4.69) is 84.9 Å². The van der Waals surface area contributed by atoms with Gasteiger partial charge in [-0.25, -0.2) is 0 Å². The van der Waals surface area contributed by atoms with Crippen molar-refractivity contribution in [2.24, 2.45) is 0 Å². The zero-order valence-corrected chi connectivity index (χ0v) is 19.9. The summed E-state index contributed by atoms with van der Waals surface area (Å²) in [7, 11) is 0.391. The second-order valence-corrected chi connectivity index (χ2v) is 9.51. The van der Waals surface area contributed by atoms with Gasteiger partial charge in [0.1, 0.15) is 0 Å². The summed E-state index contributed by atoms with van der Waals surface area (Å²) in [6.45, 7) is 7.46. The summed E-state index contributed by atoms with van der Waals surface area (Å²) in [5.41, 5.74) is 6.36. The third-order valence-electron chi connectivity index (χ3n) is 6.54. The molecule has 0 aliphatic rings. The van der Waals surface area contributed by atoms with Crippen molar-refractivity contribution >= 4 is 12.9 Å². The van der Waals surface area contributed by atoms with Gasteiger partial charge in [0, 0.05) is 0 Å². The first-order valence-electron chi connectivity index (χ1n) is 11.5. The Morgan fingerprint density at radius 3 is 1.61 bits per heavy atom. The van der Waals surface area contributed by atoms with Crippen LogP contribution in [0.5, 0.6) is 0 Å². The van der Waals surface area contributed by atoms with Crippen LogP contribution in [0.1, 0.15) is 27.7 Å². The lowest BCUT2D eigenvalue weighted by molar-refractivity contribution is -0.0893. The standard InChI is InChI=1S/C30H31BO2/c1-29(2,32)30(3,4)33-31-27-21-25(22-14-8-5-9-15-22)20-26(23-16-10-6-11-17-23)28(27)24-18-12-7-13-19-24/h5-21,31-32H,1-4H3. The largest absolute Gasteiger partial charge is 0.427 e. The fourth-order valence-electron chi connectivity index (χ4n) is 3.84. The van der Waals surface area contributed by atoms with Crippen molar-refractivity contribution < 1.29 is 9.76 Å². The summed E-state index contributed by atoms with van der Waals surface area (Å²) in [6.07, 6.45) is 0. The molecule has 166 valence electrons. The lowest BCUT2D eigenvalue weighted by atomic mass is 9.75. The number of hydrogen-bond donors (Lipinski definition) is 1. The molecule has 4 aromatic rings. The molecule has 0 amide bonds. The molecule has 0 spiro atoms. The Morgan fingerprint density at radius 1 is 0.606 bits per heavy atom. The quantitative estimate of drug-likeness (QED) is 0.350. The van der Waals surface area contributed by atoms with Crippen molar-refractivity contribution in [1.82, 2.24) is 0 Å². The molecule has 0 unspecified atom stereocenters. The maximum Gasteiger partial charge on any atom is 0.310 e. The Labute approximate surface area is 198 Å². The van der Waals surface area contributed by atoms with E-state index in [9.17, 15) is 5.11 Å². The third-order valence-corrected chi connectivity index (χ3v) is 6.54. The molecule has 33 heavy (non-hydrogen) atoms. The van der Waals surface area contributed by atoms with Crippen LogP contribution >= 0.6 is 0 Å². The topological polar surface area (TPSA) is 29.5 Å². The molecule has 0 bridgehead atoms. The van der Waals surface area contributed by atoms with Crippen molar-refractivity contribution in [2.75, 3.05) is 0 Å². The highest BCUT2D eigenvalue weighted by Gasteiger charge is 2.36. The number of hydrogen-bond acceptors (Lipinski definition) is 2. The lowest BCUT2D eigenvalue weighted by Gasteiger charge is -2.38. The fraction of sp³-hybridized carbons (Fsp3) is 0.200. The van der Waals surface area contributed by atoms with Gasteiger partial charge in [-0.2, -0.15) is 0 Å². The van der Waals surface area contributed by atoms with Crippen molar-refractivity contribution in [2.45, 2.75) is 38.9 Å². The van der Waals surface area contributed by atoms with Gasteiger partial charge in [-0.3, -0.25) is 0 Å². The van der Waals surface area contributed by atoms with Gasteiger partial charge >= 0.3 is 7.48 Å². The van der Waals surface area contributed by atoms with Crippen molar-refractivity contribution in [3.8, 4) is 33.4 Å². The highest BCUT2D eigenvalue weighted by molar-refractivity contribution is 6.50. The van der Waals surface area contributed by atoms with Crippen LogP contribution in [0.2, 0.25) is 0 Å². The second-order valence-electron chi connectivity index (χ2n) is 9.51. The predicted molar refractivity (Wildman–Crippen MR) is 141 cm³/mol. The van der Waals surface area contributed by atoms with Crippen LogP contribution in [0.3, 0.4) is 0 Å². The maximum absolute atomic E-state index is 10.6. The van der Waals surface area contributed by atoms with Gasteiger partial charge in [0.05, 0.1) is 11.2 Å². The molecule has 3 heteroatoms. The van der Waals surface area contributed by atoms with E-state index in [1.807, 2.05) is 32.0 Å². The Kier molecular flexibility index (Phi) is 6.55. The SMILES string of the molecule is CC(C)(O)C(C)(C)OBc1cc(-c2ccccc2)cc(-c2ccccc2)c1-c1ccccc1. The van der Waals surface area contributed by atoms with Crippen LogP contribution in [0.4, 0.5) is 0 Å². The molecule has 0 saturated heterocycles. The lowest BCUT2D eigenvalue weighted by Crippen LogP contribution is -2.49. The van der Waals surface area contributed by atoms with Crippen LogP contribution in [0, 0.1) is 0 Å². The van der Waals surface area contributed by atoms with E-state index < -0.39 is 11.2 Å². The second kappa shape index (κ2) is 9.39. The number of benzene rings is 4. The molecule has 0 aliphatic carbocycles. The summed E-state index contributed by atoms with van der Waals surface area (Å²) in [5, 5.41) is 10.6. The Morgan fingerprint density at radius 2 is 1.09 bits per heavy atom. The average molecular weight is 434 g/mol. The van der Waals surface area contributed by atoms with Gasteiger partial charge < -0.3 is 9.76 Å². The molecule has 0 aliphatic heterocycles. The summed E-state index contributed by atoms with van der Waals surface area (Å²) >= 11 is 0. The van der Waals surface area contributed by atoms with Crippen molar-refractivity contribution in [3.63, 3.8) is 0 Å². The number of aliphatic hydroxyl groups is 1. The number of rotatable bonds is 7. The Balaban J connectivity index is 1.94. The van der Waals surface area contributed by atoms with E-state index in [1.54, 1.807) is 13.8 Å². The van der Waals surface area contributed by atoms with Crippen LogP contribution < -0.4 is 5.46 Å². The van der Waals surface area contributed by atoms with Gasteiger partial charge in [-0.05, 0) is 72.6 Å². The predicted octanol–water partition coefficient (Wildman–Crippen LogP) is 6.23. The van der Waals surface area contributed by atoms with Crippen molar-refractivity contribution in [1.29, 1.82) is 0 Å². The van der Waals surface area contributed by atoms with Crippen LogP contribution in [0.15, 0.2) is 103 Å². The van der Waals surface area contributed by atoms with Crippen LogP contribution in [0.25, 0.3) is 33.4 Å². The monoisotopic (exact) mass is 434 g/mol. The molecule has 4 aromatic carbocycles. The summed E-state index contributed by atoms with van der Waals surface area (Å²) in [6, 6.07) is 35.9. The minimum atomic E-state index is -0.973. The van der Waals surface area contributed by atoms with E-state index in [0.717, 1.165) is 33.3 Å². The molecule has 0 saturated carbocycles. The summed E-state index contributed by atoms with van der Waals surface area (Å²) in [4.78, 5) is 0. The molecule has 0 fully saturated rings. The highest BCUT2D eigenvalue weighted by atomic mass is 16.5. The summed E-state index contributed by atoms with van der Waals surface area (Å²) < 4.78 is 6.37. The average Bonchev–Trinajstić information content (AvgIpc) is 2.83. The first-order valence-corrected chi connectivity index (χ1v) is 11.5. The minimum absolute atomic E-state index is 0.391. The smallest absolute Gasteiger partial charge is 0.310 e. The van der Waals surface area contributed by atoms with Gasteiger partial charge in [-0.15, -0.1) is 0 Å². The first kappa shape index (κ1) is 23.0. The van der Waals surface area contributed by atoms with E-state index in [4.69, 9.17) is 4.65 Å². The zero-order valence-electron chi connectivity index (χ0n) is 19.9. The molecule has 0 radical (unpaired) electrons. The zero-order chi connectivity index (χ0) is 23.5. The molecular weight excluding hydrogens is 403 g/mol. The molecule has 4 rings (SSSR count). The van der Waals surface area contributed by atoms with Gasteiger partial charge in [-0.1, -0.05) is 97.1 Å². The molecule has 2 nitrogen and oxygen atoms in total.